The van der Waals surface area contributed by atoms with Crippen LogP contribution in [0.1, 0.15) is 69.8 Å². The normalized spacial score (nSPS) is 18.2. The summed E-state index contributed by atoms with van der Waals surface area (Å²) in [6, 6.07) is 8.31. The molecule has 4 heterocycles. The fraction of sp³-hybridized carbons (Fsp3) is 0.464. The van der Waals surface area contributed by atoms with Gasteiger partial charge >= 0.3 is 6.18 Å². The van der Waals surface area contributed by atoms with Crippen LogP contribution < -0.4 is 5.32 Å². The van der Waals surface area contributed by atoms with Gasteiger partial charge in [-0.3, -0.25) is 9.69 Å². The van der Waals surface area contributed by atoms with Gasteiger partial charge < -0.3 is 10.1 Å². The molecule has 220 valence electrons. The van der Waals surface area contributed by atoms with Crippen LogP contribution in [0.25, 0.3) is 0 Å². The highest BCUT2D eigenvalue weighted by Gasteiger charge is 2.43. The van der Waals surface area contributed by atoms with E-state index >= 15 is 0 Å². The third-order valence-electron chi connectivity index (χ3n) is 7.87. The molecule has 1 aromatic carbocycles. The number of ether oxygens (including phenoxy) is 1. The van der Waals surface area contributed by atoms with Gasteiger partial charge in [-0.2, -0.15) is 13.2 Å². The summed E-state index contributed by atoms with van der Waals surface area (Å²) in [5.74, 6) is -1.31. The van der Waals surface area contributed by atoms with Gasteiger partial charge in [0, 0.05) is 48.5 Å². The van der Waals surface area contributed by atoms with Crippen molar-refractivity contribution in [2.24, 2.45) is 0 Å². The number of amides is 1. The summed E-state index contributed by atoms with van der Waals surface area (Å²) < 4.78 is 68.9. The first-order chi connectivity index (χ1) is 19.4. The molecule has 1 spiro atoms. The lowest BCUT2D eigenvalue weighted by Crippen LogP contribution is -2.46. The Kier molecular flexibility index (Phi) is 8.25. The molecule has 1 atom stereocenters. The van der Waals surface area contributed by atoms with Gasteiger partial charge in [-0.15, -0.1) is 11.3 Å². The summed E-state index contributed by atoms with van der Waals surface area (Å²) in [5.41, 5.74) is 2.04. The van der Waals surface area contributed by atoms with Gasteiger partial charge in [-0.25, -0.2) is 18.4 Å². The minimum atomic E-state index is -4.57. The molecule has 3 aromatic rings. The topological polar surface area (TPSA) is 101 Å². The second kappa shape index (κ2) is 11.4. The van der Waals surface area contributed by atoms with Crippen molar-refractivity contribution >= 4 is 27.1 Å². The van der Waals surface area contributed by atoms with Gasteiger partial charge in [-0.1, -0.05) is 19.1 Å². The molecule has 8 nitrogen and oxygen atoms in total. The van der Waals surface area contributed by atoms with Crippen LogP contribution in [-0.2, 0) is 39.3 Å². The summed E-state index contributed by atoms with van der Waals surface area (Å²) in [5, 5.41) is 2.93. The number of hydrogen-bond acceptors (Lipinski definition) is 8. The Morgan fingerprint density at radius 1 is 1.17 bits per heavy atom. The summed E-state index contributed by atoms with van der Waals surface area (Å²) >= 11 is 1.44. The van der Waals surface area contributed by atoms with E-state index in [1.807, 2.05) is 13.0 Å². The van der Waals surface area contributed by atoms with Gasteiger partial charge in [-0.05, 0) is 55.5 Å². The number of alkyl halides is 3. The summed E-state index contributed by atoms with van der Waals surface area (Å²) in [6.45, 7) is 5.70. The third-order valence-corrected chi connectivity index (χ3v) is 11.0. The zero-order valence-electron chi connectivity index (χ0n) is 22.7. The van der Waals surface area contributed by atoms with Crippen molar-refractivity contribution in [2.75, 3.05) is 25.4 Å². The number of sulfone groups is 1. The Balaban J connectivity index is 1.22. The number of carbonyl (C=O) groups excluding carboxylic acids is 1. The number of nitrogens with one attached hydrogen (secondary N) is 1. The van der Waals surface area contributed by atoms with Gasteiger partial charge in [0.2, 0.25) is 5.82 Å². The molecule has 1 N–H and O–H groups in total. The van der Waals surface area contributed by atoms with Crippen LogP contribution in [0.3, 0.4) is 0 Å². The van der Waals surface area contributed by atoms with E-state index in [1.165, 1.54) is 23.7 Å². The molecule has 2 aromatic heterocycles. The number of fused-ring (bicyclic) bond motifs is 2. The smallest absolute Gasteiger partial charge is 0.369 e. The Bertz CT molecular complexity index is 1500. The Morgan fingerprint density at radius 2 is 1.83 bits per heavy atom. The van der Waals surface area contributed by atoms with Gasteiger partial charge in [0.1, 0.15) is 5.60 Å². The van der Waals surface area contributed by atoms with E-state index in [0.717, 1.165) is 22.4 Å². The molecule has 41 heavy (non-hydrogen) atoms. The quantitative estimate of drug-likeness (QED) is 0.407. The lowest BCUT2D eigenvalue weighted by Gasteiger charge is -2.45. The summed E-state index contributed by atoms with van der Waals surface area (Å²) in [4.78, 5) is 24.2. The van der Waals surface area contributed by atoms with Crippen molar-refractivity contribution < 1.29 is 31.1 Å². The predicted molar refractivity (Wildman–Crippen MR) is 147 cm³/mol. The lowest BCUT2D eigenvalue weighted by atomic mass is 9.84. The molecule has 0 aliphatic carbocycles. The van der Waals surface area contributed by atoms with Crippen molar-refractivity contribution in [2.45, 2.75) is 62.4 Å². The van der Waals surface area contributed by atoms with Gasteiger partial charge in [0.15, 0.2) is 9.84 Å². The standard InChI is InChI=1S/C28H31F3N4O4S2/c1-3-41(37,38)22-6-4-19(5-7-22)15-32-25(36)23-14-20-8-13-39-27(24(20)40-23)9-11-35(12-10-27)18(2)21-16-33-26(34-17-21)28(29,30)31/h4-7,14,16-18H,3,8-13,15H2,1-2H3,(H,32,36). The van der Waals surface area contributed by atoms with Crippen LogP contribution in [0.15, 0.2) is 47.6 Å². The van der Waals surface area contributed by atoms with Crippen LogP contribution >= 0.6 is 11.3 Å². The molecule has 1 saturated heterocycles. The highest BCUT2D eigenvalue weighted by atomic mass is 32.2. The Hall–Kier alpha value is -2.87. The number of nitrogens with zero attached hydrogens (tertiary/aromatic N) is 3. The number of thiophene rings is 1. The van der Waals surface area contributed by atoms with E-state index in [2.05, 4.69) is 20.2 Å². The fourth-order valence-electron chi connectivity index (χ4n) is 5.34. The van der Waals surface area contributed by atoms with Crippen molar-refractivity contribution in [1.82, 2.24) is 20.2 Å². The SMILES string of the molecule is CCS(=O)(=O)c1ccc(CNC(=O)c2cc3c(s2)C2(CCN(C(C)c4cnc(C(F)(F)F)nc4)CC2)OCC3)cc1. The number of aromatic nitrogens is 2. The molecule has 2 aliphatic rings. The van der Waals surface area contributed by atoms with E-state index in [-0.39, 0.29) is 29.1 Å². The number of hydrogen-bond donors (Lipinski definition) is 1. The summed E-state index contributed by atoms with van der Waals surface area (Å²) in [7, 11) is -3.28. The minimum absolute atomic E-state index is 0.0303. The average Bonchev–Trinajstić information content (AvgIpc) is 3.42. The molecule has 5 rings (SSSR count). The van der Waals surface area contributed by atoms with Gasteiger partial charge in [0.25, 0.3) is 5.91 Å². The largest absolute Gasteiger partial charge is 0.451 e. The first-order valence-corrected chi connectivity index (χ1v) is 15.9. The summed E-state index contributed by atoms with van der Waals surface area (Å²) in [6.07, 6.45) is 0.0203. The number of halogens is 3. The maximum atomic E-state index is 13.0. The molecule has 1 fully saturated rings. The highest BCUT2D eigenvalue weighted by Crippen LogP contribution is 2.46. The van der Waals surface area contributed by atoms with Crippen LogP contribution in [-0.4, -0.2) is 54.6 Å². The second-order valence-electron chi connectivity index (χ2n) is 10.3. The molecule has 13 heteroatoms. The fourth-order valence-corrected chi connectivity index (χ4v) is 7.55. The van der Waals surface area contributed by atoms with Crippen LogP contribution in [0, 0.1) is 0 Å². The molecule has 1 unspecified atom stereocenters. The van der Waals surface area contributed by atoms with E-state index < -0.39 is 27.4 Å². The lowest BCUT2D eigenvalue weighted by molar-refractivity contribution is -0.145. The number of benzene rings is 1. The van der Waals surface area contributed by atoms with Crippen molar-refractivity contribution in [3.63, 3.8) is 0 Å². The zero-order chi connectivity index (χ0) is 29.4. The van der Waals surface area contributed by atoms with E-state index in [9.17, 15) is 26.4 Å². The van der Waals surface area contributed by atoms with Crippen molar-refractivity contribution in [1.29, 1.82) is 0 Å². The number of carbonyl (C=O) groups is 1. The number of likely N-dealkylation sites (tertiary alicyclic amines) is 1. The first-order valence-electron chi connectivity index (χ1n) is 13.4. The minimum Gasteiger partial charge on any atom is -0.369 e. The second-order valence-corrected chi connectivity index (χ2v) is 13.7. The highest BCUT2D eigenvalue weighted by molar-refractivity contribution is 7.91. The first kappa shape index (κ1) is 29.6. The molecule has 1 amide bonds. The van der Waals surface area contributed by atoms with E-state index in [0.29, 0.717) is 43.0 Å². The molecular weight excluding hydrogens is 577 g/mol. The predicted octanol–water partition coefficient (Wildman–Crippen LogP) is 4.91. The molecule has 0 bridgehead atoms. The van der Waals surface area contributed by atoms with Crippen LogP contribution in [0.2, 0.25) is 0 Å². The Morgan fingerprint density at radius 3 is 2.44 bits per heavy atom. The zero-order valence-corrected chi connectivity index (χ0v) is 24.3. The maximum Gasteiger partial charge on any atom is 0.451 e. The molecule has 2 aliphatic heterocycles. The molecule has 0 saturated carbocycles. The number of rotatable bonds is 7. The number of piperidine rings is 1. The van der Waals surface area contributed by atoms with Crippen molar-refractivity contribution in [3.8, 4) is 0 Å². The monoisotopic (exact) mass is 608 g/mol. The van der Waals surface area contributed by atoms with E-state index in [1.54, 1.807) is 31.2 Å². The van der Waals surface area contributed by atoms with E-state index in [4.69, 9.17) is 4.74 Å². The molecular formula is C28H31F3N4O4S2. The van der Waals surface area contributed by atoms with Gasteiger partial charge in [0.05, 0.1) is 22.1 Å². The van der Waals surface area contributed by atoms with Crippen LogP contribution in [0.5, 0.6) is 0 Å². The van der Waals surface area contributed by atoms with Crippen molar-refractivity contribution in [3.05, 3.63) is 75.0 Å². The average molecular weight is 609 g/mol. The Labute approximate surface area is 240 Å². The molecule has 0 radical (unpaired) electrons. The maximum absolute atomic E-state index is 13.0. The third kappa shape index (κ3) is 6.18. The van der Waals surface area contributed by atoms with Crippen LogP contribution in [0.4, 0.5) is 13.2 Å².